The highest BCUT2D eigenvalue weighted by atomic mass is 79.9. The highest BCUT2D eigenvalue weighted by Gasteiger charge is 2.23. The second-order valence-corrected chi connectivity index (χ2v) is 7.21. The van der Waals surface area contributed by atoms with E-state index >= 15 is 0 Å². The number of hydrogen-bond acceptors (Lipinski definition) is 5. The molecule has 14 heteroatoms. The Morgan fingerprint density at radius 1 is 1.10 bits per heavy atom. The van der Waals surface area contributed by atoms with Gasteiger partial charge in [-0.15, -0.1) is 0 Å². The summed E-state index contributed by atoms with van der Waals surface area (Å²) in [6.45, 7) is 0. The quantitative estimate of drug-likeness (QED) is 0.269. The number of aromatic nitrogens is 3. The highest BCUT2D eigenvalue weighted by molar-refractivity contribution is 9.11. The van der Waals surface area contributed by atoms with Crippen LogP contribution in [-0.2, 0) is 0 Å². The number of nitrogens with one attached hydrogen (secondary N) is 1. The van der Waals surface area contributed by atoms with Gasteiger partial charge >= 0.3 is 0 Å². The molecule has 1 amide bonds. The Morgan fingerprint density at radius 3 is 2.24 bits per heavy atom. The van der Waals surface area contributed by atoms with Crippen molar-refractivity contribution in [2.45, 2.75) is 12.9 Å². The van der Waals surface area contributed by atoms with E-state index in [4.69, 9.17) is 0 Å². The van der Waals surface area contributed by atoms with Crippen molar-refractivity contribution in [1.82, 2.24) is 14.6 Å². The molecule has 2 aromatic heterocycles. The van der Waals surface area contributed by atoms with Gasteiger partial charge in [0, 0.05) is 27.1 Å². The van der Waals surface area contributed by atoms with Gasteiger partial charge in [0.1, 0.15) is 11.4 Å². The molecule has 0 fully saturated rings. The number of non-ortho nitro benzene ring substituents is 1. The molecule has 0 unspecified atom stereocenters. The second-order valence-electron chi connectivity index (χ2n) is 5.50. The number of alkyl halides is 4. The van der Waals surface area contributed by atoms with Crippen LogP contribution in [0.15, 0.2) is 33.2 Å². The van der Waals surface area contributed by atoms with E-state index < -0.39 is 35.1 Å². The normalized spacial score (nSPS) is 11.4. The number of rotatable bonds is 5. The molecule has 2 heterocycles. The molecule has 0 atom stereocenters. The molecule has 0 aliphatic carbocycles. The molecular weight excluding hydrogens is 534 g/mol. The Bertz CT molecular complexity index is 1120. The van der Waals surface area contributed by atoms with E-state index in [9.17, 15) is 32.5 Å². The first-order valence-corrected chi connectivity index (χ1v) is 9.08. The zero-order chi connectivity index (χ0) is 21.5. The van der Waals surface area contributed by atoms with Gasteiger partial charge in [0.15, 0.2) is 11.3 Å². The summed E-state index contributed by atoms with van der Waals surface area (Å²) in [5, 5.41) is 17.0. The summed E-state index contributed by atoms with van der Waals surface area (Å²) < 4.78 is 53.1. The molecule has 0 aliphatic rings. The molecule has 1 N–H and O–H groups in total. The average molecular weight is 541 g/mol. The highest BCUT2D eigenvalue weighted by Crippen LogP contribution is 2.35. The van der Waals surface area contributed by atoms with Gasteiger partial charge < -0.3 is 5.32 Å². The monoisotopic (exact) mass is 539 g/mol. The standard InChI is InChI=1S/C15H7Br2F4N5O3/c16-6-1-5(26(28)29)2-7(17)12(6)23-15(27)9-4-11-22-8(13(18)19)3-10(14(20)21)25(11)24-9/h1-4,13-14H,(H,23,27). The lowest BCUT2D eigenvalue weighted by atomic mass is 10.2. The maximum absolute atomic E-state index is 13.2. The number of nitro benzene ring substituents is 1. The summed E-state index contributed by atoms with van der Waals surface area (Å²) in [5.41, 5.74) is -2.58. The van der Waals surface area contributed by atoms with Crippen molar-refractivity contribution in [3.8, 4) is 0 Å². The summed E-state index contributed by atoms with van der Waals surface area (Å²) in [5.74, 6) is -0.871. The van der Waals surface area contributed by atoms with Gasteiger partial charge in [-0.2, -0.15) is 5.10 Å². The van der Waals surface area contributed by atoms with E-state index in [2.05, 4.69) is 47.3 Å². The molecular formula is C15H7Br2F4N5O3. The van der Waals surface area contributed by atoms with Crippen molar-refractivity contribution < 1.29 is 27.3 Å². The van der Waals surface area contributed by atoms with Gasteiger partial charge in [0.05, 0.1) is 10.6 Å². The van der Waals surface area contributed by atoms with Crippen LogP contribution < -0.4 is 5.32 Å². The van der Waals surface area contributed by atoms with Crippen molar-refractivity contribution in [3.63, 3.8) is 0 Å². The number of halogens is 6. The fraction of sp³-hybridized carbons (Fsp3) is 0.133. The van der Waals surface area contributed by atoms with Crippen LogP contribution in [0.4, 0.5) is 28.9 Å². The third-order valence-corrected chi connectivity index (χ3v) is 4.88. The van der Waals surface area contributed by atoms with Crippen molar-refractivity contribution in [3.05, 3.63) is 60.4 Å². The van der Waals surface area contributed by atoms with Gasteiger partial charge in [-0.05, 0) is 37.9 Å². The van der Waals surface area contributed by atoms with Crippen LogP contribution >= 0.6 is 31.9 Å². The average Bonchev–Trinajstić information content (AvgIpc) is 3.07. The number of carbonyl (C=O) groups excluding carboxylic acids is 1. The molecule has 3 aromatic rings. The predicted molar refractivity (Wildman–Crippen MR) is 99.4 cm³/mol. The molecule has 0 aliphatic heterocycles. The van der Waals surface area contributed by atoms with Crippen molar-refractivity contribution >= 4 is 54.8 Å². The van der Waals surface area contributed by atoms with Gasteiger partial charge in [-0.1, -0.05) is 0 Å². The molecule has 8 nitrogen and oxygen atoms in total. The smallest absolute Gasteiger partial charge is 0.280 e. The molecule has 3 rings (SSSR count). The molecule has 0 radical (unpaired) electrons. The number of amides is 1. The number of carbonyl (C=O) groups is 1. The SMILES string of the molecule is O=C(Nc1c(Br)cc([N+](=O)[O-])cc1Br)c1cc2nc(C(F)F)cc(C(F)F)n2n1. The summed E-state index contributed by atoms with van der Waals surface area (Å²) >= 11 is 6.18. The van der Waals surface area contributed by atoms with Crippen LogP contribution in [0.25, 0.3) is 5.65 Å². The van der Waals surface area contributed by atoms with Crippen LogP contribution in [0.3, 0.4) is 0 Å². The lowest BCUT2D eigenvalue weighted by molar-refractivity contribution is -0.385. The van der Waals surface area contributed by atoms with Crippen LogP contribution in [0.1, 0.15) is 34.7 Å². The Balaban J connectivity index is 2.00. The molecule has 0 spiro atoms. The van der Waals surface area contributed by atoms with E-state index in [1.807, 2.05) is 0 Å². The third kappa shape index (κ3) is 4.22. The van der Waals surface area contributed by atoms with E-state index in [-0.39, 0.29) is 31.7 Å². The Labute approximate surface area is 175 Å². The number of fused-ring (bicyclic) bond motifs is 1. The van der Waals surface area contributed by atoms with Crippen molar-refractivity contribution in [1.29, 1.82) is 0 Å². The topological polar surface area (TPSA) is 102 Å². The first kappa shape index (κ1) is 21.1. The molecule has 1 aromatic carbocycles. The Hall–Kier alpha value is -2.61. The van der Waals surface area contributed by atoms with E-state index in [0.29, 0.717) is 10.6 Å². The fourth-order valence-electron chi connectivity index (χ4n) is 2.36. The molecule has 0 saturated heterocycles. The Kier molecular flexibility index (Phi) is 5.84. The number of hydrogen-bond donors (Lipinski definition) is 1. The number of benzene rings is 1. The van der Waals surface area contributed by atoms with Gasteiger partial charge in [-0.25, -0.2) is 27.1 Å². The number of anilines is 1. The maximum Gasteiger partial charge on any atom is 0.280 e. The largest absolute Gasteiger partial charge is 0.319 e. The first-order chi connectivity index (χ1) is 13.6. The minimum atomic E-state index is -3.13. The van der Waals surface area contributed by atoms with Gasteiger partial charge in [0.25, 0.3) is 24.4 Å². The summed E-state index contributed by atoms with van der Waals surface area (Å²) in [7, 11) is 0. The van der Waals surface area contributed by atoms with Gasteiger partial charge in [0.2, 0.25) is 0 Å². The lowest BCUT2D eigenvalue weighted by Crippen LogP contribution is -2.14. The van der Waals surface area contributed by atoms with Crippen LogP contribution in [0.5, 0.6) is 0 Å². The number of nitro groups is 1. The molecule has 0 bridgehead atoms. The maximum atomic E-state index is 13.2. The van der Waals surface area contributed by atoms with E-state index in [0.717, 1.165) is 18.2 Å². The van der Waals surface area contributed by atoms with Crippen LogP contribution in [-0.4, -0.2) is 25.4 Å². The van der Waals surface area contributed by atoms with Crippen molar-refractivity contribution in [2.24, 2.45) is 0 Å². The van der Waals surface area contributed by atoms with Gasteiger partial charge in [-0.3, -0.25) is 14.9 Å². The predicted octanol–water partition coefficient (Wildman–Crippen LogP) is 5.29. The zero-order valence-electron chi connectivity index (χ0n) is 13.7. The lowest BCUT2D eigenvalue weighted by Gasteiger charge is -2.08. The van der Waals surface area contributed by atoms with E-state index in [1.165, 1.54) is 0 Å². The second kappa shape index (κ2) is 8.02. The summed E-state index contributed by atoms with van der Waals surface area (Å²) in [6, 6.07) is 3.78. The first-order valence-electron chi connectivity index (χ1n) is 7.50. The molecule has 152 valence electrons. The zero-order valence-corrected chi connectivity index (χ0v) is 16.9. The number of nitrogens with zero attached hydrogens (tertiary/aromatic N) is 4. The van der Waals surface area contributed by atoms with Crippen molar-refractivity contribution in [2.75, 3.05) is 5.32 Å². The van der Waals surface area contributed by atoms with Crippen LogP contribution in [0, 0.1) is 10.1 Å². The fourth-order valence-corrected chi connectivity index (χ4v) is 3.72. The minimum Gasteiger partial charge on any atom is -0.319 e. The van der Waals surface area contributed by atoms with Crippen LogP contribution in [0.2, 0.25) is 0 Å². The molecule has 29 heavy (non-hydrogen) atoms. The summed E-state index contributed by atoms with van der Waals surface area (Å²) in [6.07, 6.45) is -6.22. The van der Waals surface area contributed by atoms with E-state index in [1.54, 1.807) is 0 Å². The minimum absolute atomic E-state index is 0.118. The third-order valence-electron chi connectivity index (χ3n) is 3.63. The summed E-state index contributed by atoms with van der Waals surface area (Å²) in [4.78, 5) is 26.2. The molecule has 0 saturated carbocycles. The Morgan fingerprint density at radius 2 is 1.72 bits per heavy atom.